The molecule has 0 saturated carbocycles. The predicted octanol–water partition coefficient (Wildman–Crippen LogP) is 2.10. The van der Waals surface area contributed by atoms with Gasteiger partial charge in [-0.25, -0.2) is 0 Å². The van der Waals surface area contributed by atoms with Gasteiger partial charge in [0, 0.05) is 26.7 Å². The summed E-state index contributed by atoms with van der Waals surface area (Å²) in [5, 5.41) is 6.62. The van der Waals surface area contributed by atoms with Crippen LogP contribution in [0.15, 0.2) is 35.3 Å². The van der Waals surface area contributed by atoms with Gasteiger partial charge < -0.3 is 20.3 Å². The molecule has 0 aromatic heterocycles. The van der Waals surface area contributed by atoms with Gasteiger partial charge in [-0.15, -0.1) is 0 Å². The van der Waals surface area contributed by atoms with E-state index in [0.29, 0.717) is 13.2 Å². The molecule has 23 heavy (non-hydrogen) atoms. The van der Waals surface area contributed by atoms with Crippen LogP contribution in [0.3, 0.4) is 0 Å². The summed E-state index contributed by atoms with van der Waals surface area (Å²) in [6.45, 7) is 10.7. The fourth-order valence-corrected chi connectivity index (χ4v) is 2.30. The van der Waals surface area contributed by atoms with Crippen molar-refractivity contribution in [2.24, 2.45) is 4.99 Å². The molecule has 1 rings (SSSR count). The van der Waals surface area contributed by atoms with Crippen molar-refractivity contribution in [2.75, 3.05) is 46.4 Å². The Bertz CT molecular complexity index is 422. The molecule has 0 unspecified atom stereocenters. The summed E-state index contributed by atoms with van der Waals surface area (Å²) in [5.41, 5.74) is 1.20. The first kappa shape index (κ1) is 19.5. The van der Waals surface area contributed by atoms with E-state index in [1.807, 2.05) is 18.2 Å². The van der Waals surface area contributed by atoms with Gasteiger partial charge >= 0.3 is 0 Å². The fourth-order valence-electron chi connectivity index (χ4n) is 2.30. The van der Waals surface area contributed by atoms with Gasteiger partial charge in [-0.3, -0.25) is 4.99 Å². The Hall–Kier alpha value is -1.59. The number of rotatable bonds is 11. The minimum atomic E-state index is 0.650. The number of nitrogens with one attached hydrogen (secondary N) is 2. The van der Waals surface area contributed by atoms with Crippen LogP contribution in [0.25, 0.3) is 0 Å². The highest BCUT2D eigenvalue weighted by atomic mass is 16.5. The molecule has 0 atom stereocenters. The number of hydrogen-bond donors (Lipinski definition) is 2. The van der Waals surface area contributed by atoms with E-state index >= 15 is 0 Å². The summed E-state index contributed by atoms with van der Waals surface area (Å²) in [4.78, 5) is 6.67. The van der Waals surface area contributed by atoms with E-state index in [0.717, 1.165) is 38.7 Å². The molecule has 1 aromatic rings. The Morgan fingerprint density at radius 3 is 2.48 bits per heavy atom. The maximum atomic E-state index is 5.65. The molecule has 5 heteroatoms. The Morgan fingerprint density at radius 2 is 1.83 bits per heavy atom. The maximum Gasteiger partial charge on any atom is 0.191 e. The summed E-state index contributed by atoms with van der Waals surface area (Å²) in [7, 11) is 1.80. The van der Waals surface area contributed by atoms with E-state index in [9.17, 15) is 0 Å². The van der Waals surface area contributed by atoms with Crippen LogP contribution >= 0.6 is 0 Å². The molecular weight excluding hydrogens is 288 g/mol. The molecule has 0 aliphatic rings. The number of hydrogen-bond acceptors (Lipinski definition) is 3. The normalized spacial score (nSPS) is 11.7. The highest BCUT2D eigenvalue weighted by molar-refractivity contribution is 5.79. The molecule has 0 fully saturated rings. The van der Waals surface area contributed by atoms with Gasteiger partial charge in [0.1, 0.15) is 0 Å². The molecule has 0 saturated heterocycles. The van der Waals surface area contributed by atoms with Gasteiger partial charge in [0.15, 0.2) is 5.96 Å². The van der Waals surface area contributed by atoms with Crippen molar-refractivity contribution >= 4 is 5.96 Å². The lowest BCUT2D eigenvalue weighted by molar-refractivity contribution is 0.125. The summed E-state index contributed by atoms with van der Waals surface area (Å²) >= 11 is 0. The number of likely N-dealkylation sites (N-methyl/N-ethyl adjacent to an activating group) is 1. The predicted molar refractivity (Wildman–Crippen MR) is 97.9 cm³/mol. The van der Waals surface area contributed by atoms with Crippen molar-refractivity contribution in [3.8, 4) is 0 Å². The van der Waals surface area contributed by atoms with Crippen LogP contribution in [0.2, 0.25) is 0 Å². The van der Waals surface area contributed by atoms with E-state index in [2.05, 4.69) is 46.5 Å². The van der Waals surface area contributed by atoms with Gasteiger partial charge in [-0.1, -0.05) is 44.2 Å². The van der Waals surface area contributed by atoms with Crippen molar-refractivity contribution in [3.63, 3.8) is 0 Å². The highest BCUT2D eigenvalue weighted by Gasteiger charge is 2.01. The number of aliphatic imine (C=N–C) groups is 1. The van der Waals surface area contributed by atoms with Gasteiger partial charge in [0.25, 0.3) is 0 Å². The number of nitrogens with zero attached hydrogens (tertiary/aromatic N) is 2. The quantitative estimate of drug-likeness (QED) is 0.372. The Balaban J connectivity index is 2.09. The molecule has 0 amide bonds. The van der Waals surface area contributed by atoms with Crippen LogP contribution in [0.4, 0.5) is 0 Å². The first-order chi connectivity index (χ1) is 11.3. The van der Waals surface area contributed by atoms with E-state index < -0.39 is 0 Å². The number of guanidine groups is 1. The van der Waals surface area contributed by atoms with E-state index in [-0.39, 0.29) is 0 Å². The van der Waals surface area contributed by atoms with Crippen molar-refractivity contribution in [1.29, 1.82) is 0 Å². The van der Waals surface area contributed by atoms with E-state index in [4.69, 9.17) is 4.74 Å². The summed E-state index contributed by atoms with van der Waals surface area (Å²) in [6, 6.07) is 10.2. The van der Waals surface area contributed by atoms with Gasteiger partial charge in [-0.2, -0.15) is 0 Å². The van der Waals surface area contributed by atoms with Crippen LogP contribution < -0.4 is 10.6 Å². The average molecular weight is 320 g/mol. The molecule has 0 spiro atoms. The first-order valence-electron chi connectivity index (χ1n) is 8.58. The van der Waals surface area contributed by atoms with Crippen LogP contribution in [0.1, 0.15) is 25.8 Å². The van der Waals surface area contributed by atoms with Crippen molar-refractivity contribution in [2.45, 2.75) is 26.9 Å². The minimum absolute atomic E-state index is 0.650. The summed E-state index contributed by atoms with van der Waals surface area (Å²) < 4.78 is 5.65. The lowest BCUT2D eigenvalue weighted by Gasteiger charge is -2.20. The van der Waals surface area contributed by atoms with E-state index in [1.54, 1.807) is 7.05 Å². The Morgan fingerprint density at radius 1 is 1.09 bits per heavy atom. The molecule has 5 nitrogen and oxygen atoms in total. The van der Waals surface area contributed by atoms with Gasteiger partial charge in [0.2, 0.25) is 0 Å². The molecule has 0 aliphatic carbocycles. The standard InChI is InChI=1S/C18H32N4O/c1-4-13-22(5-2)14-11-20-18(19-3)21-12-15-23-16-17-9-7-6-8-10-17/h6-10H,4-5,11-16H2,1-3H3,(H2,19,20,21). The second kappa shape index (κ2) is 12.9. The van der Waals surface area contributed by atoms with Crippen LogP contribution in [-0.4, -0.2) is 57.2 Å². The third-order valence-electron chi connectivity index (χ3n) is 3.58. The Kier molecular flexibility index (Phi) is 10.9. The van der Waals surface area contributed by atoms with Crippen LogP contribution in [0.5, 0.6) is 0 Å². The Labute approximate surface area is 141 Å². The summed E-state index contributed by atoms with van der Waals surface area (Å²) in [6.07, 6.45) is 1.19. The largest absolute Gasteiger partial charge is 0.375 e. The average Bonchev–Trinajstić information content (AvgIpc) is 2.59. The second-order valence-corrected chi connectivity index (χ2v) is 5.40. The number of benzene rings is 1. The SMILES string of the molecule is CCCN(CC)CCNC(=NC)NCCOCc1ccccc1. The van der Waals surface area contributed by atoms with Crippen LogP contribution in [-0.2, 0) is 11.3 Å². The minimum Gasteiger partial charge on any atom is -0.375 e. The molecule has 0 aliphatic heterocycles. The monoisotopic (exact) mass is 320 g/mol. The van der Waals surface area contributed by atoms with Crippen molar-refractivity contribution < 1.29 is 4.74 Å². The van der Waals surface area contributed by atoms with E-state index in [1.165, 1.54) is 12.0 Å². The molecule has 130 valence electrons. The lowest BCUT2D eigenvalue weighted by Crippen LogP contribution is -2.42. The third-order valence-corrected chi connectivity index (χ3v) is 3.58. The zero-order chi connectivity index (χ0) is 16.8. The van der Waals surface area contributed by atoms with Gasteiger partial charge in [0.05, 0.1) is 13.2 Å². The smallest absolute Gasteiger partial charge is 0.191 e. The molecule has 0 heterocycles. The fraction of sp³-hybridized carbons (Fsp3) is 0.611. The molecule has 2 N–H and O–H groups in total. The van der Waals surface area contributed by atoms with Crippen molar-refractivity contribution in [3.05, 3.63) is 35.9 Å². The maximum absolute atomic E-state index is 5.65. The zero-order valence-corrected chi connectivity index (χ0v) is 14.8. The molecule has 0 radical (unpaired) electrons. The molecule has 0 bridgehead atoms. The zero-order valence-electron chi connectivity index (χ0n) is 14.8. The van der Waals surface area contributed by atoms with Crippen LogP contribution in [0, 0.1) is 0 Å². The number of ether oxygens (including phenoxy) is 1. The van der Waals surface area contributed by atoms with Crippen molar-refractivity contribution in [1.82, 2.24) is 15.5 Å². The summed E-state index contributed by atoms with van der Waals surface area (Å²) in [5.74, 6) is 0.834. The van der Waals surface area contributed by atoms with Gasteiger partial charge in [-0.05, 0) is 25.1 Å². The topological polar surface area (TPSA) is 48.9 Å². The lowest BCUT2D eigenvalue weighted by atomic mass is 10.2. The third kappa shape index (κ3) is 9.21. The highest BCUT2D eigenvalue weighted by Crippen LogP contribution is 1.99. The molecule has 1 aromatic carbocycles. The molecular formula is C18H32N4O. The second-order valence-electron chi connectivity index (χ2n) is 5.40. The first-order valence-corrected chi connectivity index (χ1v) is 8.58.